The van der Waals surface area contributed by atoms with Gasteiger partial charge >= 0.3 is 0 Å². The van der Waals surface area contributed by atoms with Crippen molar-refractivity contribution in [3.63, 3.8) is 0 Å². The maximum Gasteiger partial charge on any atom is 0.145 e. The highest BCUT2D eigenvalue weighted by atomic mass is 19.1. The summed E-state index contributed by atoms with van der Waals surface area (Å²) in [7, 11) is 0. The number of carbonyl (C=O) groups is 1. The van der Waals surface area contributed by atoms with E-state index in [1.807, 2.05) is 31.2 Å². The third-order valence-corrected chi connectivity index (χ3v) is 7.57. The van der Waals surface area contributed by atoms with Crippen LogP contribution in [0.3, 0.4) is 0 Å². The molecule has 3 aromatic rings. The maximum atomic E-state index is 14.3. The summed E-state index contributed by atoms with van der Waals surface area (Å²) in [5, 5.41) is 0.842. The number of benzene rings is 1. The van der Waals surface area contributed by atoms with Gasteiger partial charge in [0, 0.05) is 35.5 Å². The topological polar surface area (TPSA) is 46.3 Å². The molecule has 2 aliphatic rings. The van der Waals surface area contributed by atoms with Crippen molar-refractivity contribution in [2.75, 3.05) is 19.6 Å². The molecule has 5 heteroatoms. The minimum absolute atomic E-state index is 0.137. The molecule has 0 bridgehead atoms. The molecule has 174 valence electrons. The van der Waals surface area contributed by atoms with Gasteiger partial charge in [0.05, 0.1) is 11.6 Å². The van der Waals surface area contributed by atoms with Crippen molar-refractivity contribution in [2.45, 2.75) is 63.7 Å². The molecule has 2 unspecified atom stereocenters. The first-order chi connectivity index (χ1) is 16.1. The number of likely N-dealkylation sites (tertiary alicyclic amines) is 1. The summed E-state index contributed by atoms with van der Waals surface area (Å²) in [5.74, 6) is 1.27. The molecule has 3 heterocycles. The Morgan fingerprint density at radius 2 is 2.03 bits per heavy atom. The Bertz CT molecular complexity index is 1100. The van der Waals surface area contributed by atoms with Gasteiger partial charge in [-0.2, -0.15) is 0 Å². The molecule has 5 rings (SSSR count). The van der Waals surface area contributed by atoms with Crippen LogP contribution in [0.4, 0.5) is 4.39 Å². The molecule has 33 heavy (non-hydrogen) atoms. The fraction of sp³-hybridized carbons (Fsp3) is 0.500. The molecule has 1 saturated heterocycles. The summed E-state index contributed by atoms with van der Waals surface area (Å²) in [6.07, 6.45) is 9.17. The standard InChI is InChI=1S/C28H33FN2O2/c1-19-15-22-16-23(29)17-25(28(22)33-19)21-10-13-31(18-21)14-11-24(26-9-5-6-12-30-26)27(32)20-7-3-2-4-8-20/h5-6,9,12,15-17,20-21,24H,2-4,7-8,10-11,13-14,18H2,1H3. The second-order valence-corrected chi connectivity index (χ2v) is 9.89. The van der Waals surface area contributed by atoms with Crippen molar-refractivity contribution in [1.29, 1.82) is 0 Å². The van der Waals surface area contributed by atoms with Gasteiger partial charge in [-0.25, -0.2) is 4.39 Å². The number of fused-ring (bicyclic) bond motifs is 1. The van der Waals surface area contributed by atoms with Crippen LogP contribution < -0.4 is 0 Å². The fourth-order valence-electron chi connectivity index (χ4n) is 5.87. The third kappa shape index (κ3) is 4.89. The molecular weight excluding hydrogens is 415 g/mol. The minimum atomic E-state index is -0.204. The van der Waals surface area contributed by atoms with Crippen molar-refractivity contribution in [3.8, 4) is 0 Å². The number of aryl methyl sites for hydroxylation is 1. The van der Waals surface area contributed by atoms with E-state index < -0.39 is 0 Å². The lowest BCUT2D eigenvalue weighted by atomic mass is 9.79. The average molecular weight is 449 g/mol. The van der Waals surface area contributed by atoms with Crippen LogP contribution in [0.15, 0.2) is 47.0 Å². The Kier molecular flexibility index (Phi) is 6.59. The van der Waals surface area contributed by atoms with Gasteiger partial charge in [0.25, 0.3) is 0 Å². The molecule has 0 N–H and O–H groups in total. The van der Waals surface area contributed by atoms with E-state index in [0.717, 1.165) is 86.1 Å². The zero-order valence-corrected chi connectivity index (χ0v) is 19.4. The summed E-state index contributed by atoms with van der Waals surface area (Å²) < 4.78 is 20.2. The van der Waals surface area contributed by atoms with E-state index in [9.17, 15) is 9.18 Å². The number of pyridine rings is 1. The predicted octanol–water partition coefficient (Wildman–Crippen LogP) is 6.39. The van der Waals surface area contributed by atoms with Gasteiger partial charge in [-0.15, -0.1) is 0 Å². The van der Waals surface area contributed by atoms with Gasteiger partial charge in [-0.05, 0) is 76.0 Å². The summed E-state index contributed by atoms with van der Waals surface area (Å²) >= 11 is 0. The lowest BCUT2D eigenvalue weighted by molar-refractivity contribution is -0.125. The van der Waals surface area contributed by atoms with E-state index in [1.54, 1.807) is 18.3 Å². The Morgan fingerprint density at radius 1 is 1.18 bits per heavy atom. The number of furan rings is 1. The van der Waals surface area contributed by atoms with Crippen LogP contribution in [0.25, 0.3) is 11.0 Å². The summed E-state index contributed by atoms with van der Waals surface area (Å²) in [5.41, 5.74) is 2.70. The van der Waals surface area contributed by atoms with E-state index in [1.165, 1.54) is 6.42 Å². The number of carbonyl (C=O) groups excluding carboxylic acids is 1. The van der Waals surface area contributed by atoms with Gasteiger partial charge in [-0.1, -0.05) is 25.3 Å². The highest BCUT2D eigenvalue weighted by molar-refractivity contribution is 5.87. The number of halogens is 1. The quantitative estimate of drug-likeness (QED) is 0.420. The normalized spacial score (nSPS) is 21.0. The number of Topliss-reactive ketones (excluding diaryl/α,β-unsaturated/α-hetero) is 1. The summed E-state index contributed by atoms with van der Waals surface area (Å²) in [4.78, 5) is 20.4. The molecule has 1 saturated carbocycles. The molecular formula is C28H33FN2O2. The SMILES string of the molecule is Cc1cc2cc(F)cc(C3CCN(CCC(C(=O)C4CCCCC4)c4ccccn4)C3)c2o1. The smallest absolute Gasteiger partial charge is 0.145 e. The van der Waals surface area contributed by atoms with E-state index in [-0.39, 0.29) is 23.6 Å². The van der Waals surface area contributed by atoms with Gasteiger partial charge in [-0.3, -0.25) is 9.78 Å². The molecule has 0 spiro atoms. The molecule has 2 fully saturated rings. The Morgan fingerprint density at radius 3 is 2.82 bits per heavy atom. The van der Waals surface area contributed by atoms with Gasteiger partial charge in [0.15, 0.2) is 0 Å². The number of nitrogens with zero attached hydrogens (tertiary/aromatic N) is 2. The first-order valence-electron chi connectivity index (χ1n) is 12.4. The molecule has 4 nitrogen and oxygen atoms in total. The first kappa shape index (κ1) is 22.3. The minimum Gasteiger partial charge on any atom is -0.461 e. The van der Waals surface area contributed by atoms with Crippen molar-refractivity contribution in [2.24, 2.45) is 5.92 Å². The number of hydrogen-bond acceptors (Lipinski definition) is 4. The van der Waals surface area contributed by atoms with Crippen molar-refractivity contribution in [3.05, 3.63) is 65.4 Å². The lowest BCUT2D eigenvalue weighted by Gasteiger charge is -2.26. The maximum absolute atomic E-state index is 14.3. The van der Waals surface area contributed by atoms with Crippen LogP contribution in [-0.2, 0) is 4.79 Å². The molecule has 1 aliphatic heterocycles. The van der Waals surface area contributed by atoms with E-state index >= 15 is 0 Å². The first-order valence-corrected chi connectivity index (χ1v) is 12.4. The zero-order valence-electron chi connectivity index (χ0n) is 19.4. The number of hydrogen-bond donors (Lipinski definition) is 0. The molecule has 2 atom stereocenters. The van der Waals surface area contributed by atoms with Crippen molar-refractivity contribution >= 4 is 16.8 Å². The van der Waals surface area contributed by atoms with Gasteiger partial charge in [0.2, 0.25) is 0 Å². The highest BCUT2D eigenvalue weighted by Crippen LogP contribution is 2.36. The molecule has 1 aliphatic carbocycles. The predicted molar refractivity (Wildman–Crippen MR) is 128 cm³/mol. The Hall–Kier alpha value is -2.53. The second kappa shape index (κ2) is 9.76. The van der Waals surface area contributed by atoms with Crippen LogP contribution in [0, 0.1) is 18.7 Å². The highest BCUT2D eigenvalue weighted by Gasteiger charge is 2.32. The monoisotopic (exact) mass is 448 g/mol. The van der Waals surface area contributed by atoms with E-state index in [4.69, 9.17) is 4.42 Å². The lowest BCUT2D eigenvalue weighted by Crippen LogP contribution is -2.29. The van der Waals surface area contributed by atoms with Crippen LogP contribution >= 0.6 is 0 Å². The van der Waals surface area contributed by atoms with Crippen molar-refractivity contribution < 1.29 is 13.6 Å². The van der Waals surface area contributed by atoms with Crippen LogP contribution in [0.2, 0.25) is 0 Å². The molecule has 0 radical (unpaired) electrons. The van der Waals surface area contributed by atoms with Crippen LogP contribution in [0.5, 0.6) is 0 Å². The zero-order chi connectivity index (χ0) is 22.8. The number of aromatic nitrogens is 1. The number of ketones is 1. The fourth-order valence-corrected chi connectivity index (χ4v) is 5.87. The largest absolute Gasteiger partial charge is 0.461 e. The van der Waals surface area contributed by atoms with Crippen LogP contribution in [0.1, 0.15) is 73.8 Å². The summed E-state index contributed by atoms with van der Waals surface area (Å²) in [6, 6.07) is 11.0. The average Bonchev–Trinajstić information content (AvgIpc) is 3.45. The molecule has 0 amide bonds. The third-order valence-electron chi connectivity index (χ3n) is 7.57. The van der Waals surface area contributed by atoms with Crippen LogP contribution in [-0.4, -0.2) is 35.3 Å². The van der Waals surface area contributed by atoms with E-state index in [2.05, 4.69) is 9.88 Å². The van der Waals surface area contributed by atoms with Gasteiger partial charge < -0.3 is 9.32 Å². The molecule has 2 aromatic heterocycles. The number of rotatable bonds is 7. The molecule has 1 aromatic carbocycles. The summed E-state index contributed by atoms with van der Waals surface area (Å²) in [6.45, 7) is 4.58. The Labute approximate surface area is 195 Å². The van der Waals surface area contributed by atoms with E-state index in [0.29, 0.717) is 5.78 Å². The second-order valence-electron chi connectivity index (χ2n) is 9.89. The van der Waals surface area contributed by atoms with Crippen molar-refractivity contribution in [1.82, 2.24) is 9.88 Å². The van der Waals surface area contributed by atoms with Gasteiger partial charge in [0.1, 0.15) is 22.9 Å². The Balaban J connectivity index is 1.28.